The predicted octanol–water partition coefficient (Wildman–Crippen LogP) is 1.97. The first kappa shape index (κ1) is 10.4. The first-order valence-corrected chi connectivity index (χ1v) is 4.90. The van der Waals surface area contributed by atoms with E-state index in [1.165, 1.54) is 12.7 Å². The van der Waals surface area contributed by atoms with E-state index < -0.39 is 5.97 Å². The van der Waals surface area contributed by atoms with Gasteiger partial charge in [-0.1, -0.05) is 17.7 Å². The fourth-order valence-corrected chi connectivity index (χ4v) is 1.39. The molecule has 0 atom stereocenters. The maximum absolute atomic E-state index is 11.2. The zero-order valence-electron chi connectivity index (χ0n) is 9.18. The fourth-order valence-electron chi connectivity index (χ4n) is 1.39. The minimum absolute atomic E-state index is 0.308. The van der Waals surface area contributed by atoms with E-state index in [1.807, 2.05) is 31.2 Å². The monoisotopic (exact) mass is 216 g/mol. The van der Waals surface area contributed by atoms with Crippen LogP contribution in [0.15, 0.2) is 36.8 Å². The fraction of sp³-hybridized carbons (Fsp3) is 0.167. The average Bonchev–Trinajstić information content (AvgIpc) is 2.78. The number of ether oxygens (including phenoxy) is 1. The summed E-state index contributed by atoms with van der Waals surface area (Å²) in [5, 5.41) is 0. The Balaban J connectivity index is 2.31. The van der Waals surface area contributed by atoms with Crippen LogP contribution < -0.4 is 0 Å². The van der Waals surface area contributed by atoms with Gasteiger partial charge < -0.3 is 9.30 Å². The Labute approximate surface area is 93.5 Å². The summed E-state index contributed by atoms with van der Waals surface area (Å²) in [7, 11) is 1.34. The average molecular weight is 216 g/mol. The van der Waals surface area contributed by atoms with E-state index in [4.69, 9.17) is 0 Å². The van der Waals surface area contributed by atoms with E-state index in [-0.39, 0.29) is 0 Å². The standard InChI is InChI=1S/C12H12N2O2/c1-9-3-5-10(6-4-9)14-7-11(13-8-14)12(15)16-2/h3-8H,1-2H3. The molecule has 2 rings (SSSR count). The predicted molar refractivity (Wildman–Crippen MR) is 59.6 cm³/mol. The Morgan fingerprint density at radius 3 is 2.62 bits per heavy atom. The molecule has 0 aliphatic rings. The molecule has 0 spiro atoms. The van der Waals surface area contributed by atoms with Gasteiger partial charge in [-0.25, -0.2) is 9.78 Å². The molecule has 0 aliphatic carbocycles. The lowest BCUT2D eigenvalue weighted by molar-refractivity contribution is 0.0594. The largest absolute Gasteiger partial charge is 0.464 e. The van der Waals surface area contributed by atoms with Crippen LogP contribution in [-0.4, -0.2) is 22.6 Å². The van der Waals surface area contributed by atoms with Crippen molar-refractivity contribution < 1.29 is 9.53 Å². The van der Waals surface area contributed by atoms with Gasteiger partial charge in [-0.05, 0) is 19.1 Å². The molecule has 1 aromatic heterocycles. The molecular weight excluding hydrogens is 204 g/mol. The highest BCUT2D eigenvalue weighted by molar-refractivity contribution is 5.86. The summed E-state index contributed by atoms with van der Waals surface area (Å²) in [5.41, 5.74) is 2.47. The van der Waals surface area contributed by atoms with Crippen LogP contribution in [0.5, 0.6) is 0 Å². The van der Waals surface area contributed by atoms with Crippen molar-refractivity contribution in [3.63, 3.8) is 0 Å². The highest BCUT2D eigenvalue weighted by atomic mass is 16.5. The zero-order chi connectivity index (χ0) is 11.5. The highest BCUT2D eigenvalue weighted by Gasteiger charge is 2.09. The molecule has 0 aliphatic heterocycles. The number of esters is 1. The molecule has 82 valence electrons. The van der Waals surface area contributed by atoms with Crippen LogP contribution in [0.1, 0.15) is 16.1 Å². The Kier molecular flexibility index (Phi) is 2.72. The van der Waals surface area contributed by atoms with Crippen LogP contribution in [0.3, 0.4) is 0 Å². The lowest BCUT2D eigenvalue weighted by Gasteiger charge is -2.01. The molecule has 0 saturated heterocycles. The van der Waals surface area contributed by atoms with Gasteiger partial charge in [0.05, 0.1) is 7.11 Å². The minimum atomic E-state index is -0.425. The number of benzene rings is 1. The molecule has 0 radical (unpaired) electrons. The first-order chi connectivity index (χ1) is 7.70. The third-order valence-electron chi connectivity index (χ3n) is 2.31. The molecular formula is C12H12N2O2. The molecule has 0 amide bonds. The van der Waals surface area contributed by atoms with Gasteiger partial charge in [-0.15, -0.1) is 0 Å². The molecule has 0 unspecified atom stereocenters. The number of methoxy groups -OCH3 is 1. The summed E-state index contributed by atoms with van der Waals surface area (Å²) in [5.74, 6) is -0.425. The summed E-state index contributed by atoms with van der Waals surface area (Å²) in [6.45, 7) is 2.03. The lowest BCUT2D eigenvalue weighted by atomic mass is 10.2. The summed E-state index contributed by atoms with van der Waals surface area (Å²) in [6, 6.07) is 7.95. The summed E-state index contributed by atoms with van der Waals surface area (Å²) >= 11 is 0. The molecule has 0 bridgehead atoms. The number of imidazole rings is 1. The van der Waals surface area contributed by atoms with Crippen molar-refractivity contribution in [1.82, 2.24) is 9.55 Å². The normalized spacial score (nSPS) is 10.1. The number of aromatic nitrogens is 2. The van der Waals surface area contributed by atoms with Gasteiger partial charge in [0.2, 0.25) is 0 Å². The van der Waals surface area contributed by atoms with Gasteiger partial charge in [0.25, 0.3) is 0 Å². The molecule has 4 heteroatoms. The second kappa shape index (κ2) is 4.18. The van der Waals surface area contributed by atoms with Gasteiger partial charge in [-0.3, -0.25) is 0 Å². The van der Waals surface area contributed by atoms with Gasteiger partial charge in [0.15, 0.2) is 5.69 Å². The van der Waals surface area contributed by atoms with Crippen molar-refractivity contribution in [3.05, 3.63) is 48.0 Å². The van der Waals surface area contributed by atoms with E-state index in [1.54, 1.807) is 17.1 Å². The Bertz CT molecular complexity index is 500. The van der Waals surface area contributed by atoms with Gasteiger partial charge in [0.1, 0.15) is 6.33 Å². The number of hydrogen-bond donors (Lipinski definition) is 0. The second-order valence-electron chi connectivity index (χ2n) is 3.49. The zero-order valence-corrected chi connectivity index (χ0v) is 9.18. The Morgan fingerprint density at radius 2 is 2.00 bits per heavy atom. The van der Waals surface area contributed by atoms with E-state index >= 15 is 0 Å². The molecule has 1 heterocycles. The van der Waals surface area contributed by atoms with Crippen LogP contribution >= 0.6 is 0 Å². The lowest BCUT2D eigenvalue weighted by Crippen LogP contribution is -2.01. The van der Waals surface area contributed by atoms with Crippen molar-refractivity contribution >= 4 is 5.97 Å². The molecule has 2 aromatic rings. The maximum atomic E-state index is 11.2. The summed E-state index contributed by atoms with van der Waals surface area (Å²) < 4.78 is 6.37. The third kappa shape index (κ3) is 1.95. The second-order valence-corrected chi connectivity index (χ2v) is 3.49. The van der Waals surface area contributed by atoms with Crippen LogP contribution in [0, 0.1) is 6.92 Å². The number of carbonyl (C=O) groups is 1. The van der Waals surface area contributed by atoms with Crippen LogP contribution in [0.25, 0.3) is 5.69 Å². The van der Waals surface area contributed by atoms with E-state index in [2.05, 4.69) is 9.72 Å². The van der Waals surface area contributed by atoms with E-state index in [0.717, 1.165) is 5.69 Å². The van der Waals surface area contributed by atoms with E-state index in [9.17, 15) is 4.79 Å². The van der Waals surface area contributed by atoms with Gasteiger partial charge in [-0.2, -0.15) is 0 Å². The number of nitrogens with zero attached hydrogens (tertiary/aromatic N) is 2. The minimum Gasteiger partial charge on any atom is -0.464 e. The smallest absolute Gasteiger partial charge is 0.358 e. The highest BCUT2D eigenvalue weighted by Crippen LogP contribution is 2.10. The van der Waals surface area contributed by atoms with Crippen LogP contribution in [-0.2, 0) is 4.74 Å². The Morgan fingerprint density at radius 1 is 1.31 bits per heavy atom. The van der Waals surface area contributed by atoms with Gasteiger partial charge in [0, 0.05) is 11.9 Å². The summed E-state index contributed by atoms with van der Waals surface area (Å²) in [4.78, 5) is 15.2. The number of rotatable bonds is 2. The van der Waals surface area contributed by atoms with Crippen molar-refractivity contribution in [2.45, 2.75) is 6.92 Å². The molecule has 0 fully saturated rings. The number of carbonyl (C=O) groups excluding carboxylic acids is 1. The SMILES string of the molecule is COC(=O)c1cn(-c2ccc(C)cc2)cn1. The molecule has 0 N–H and O–H groups in total. The Hall–Kier alpha value is -2.10. The van der Waals surface area contributed by atoms with E-state index in [0.29, 0.717) is 5.69 Å². The van der Waals surface area contributed by atoms with Crippen molar-refractivity contribution in [2.75, 3.05) is 7.11 Å². The van der Waals surface area contributed by atoms with Crippen molar-refractivity contribution in [1.29, 1.82) is 0 Å². The van der Waals surface area contributed by atoms with Crippen LogP contribution in [0.4, 0.5) is 0 Å². The first-order valence-electron chi connectivity index (χ1n) is 4.90. The molecule has 4 nitrogen and oxygen atoms in total. The van der Waals surface area contributed by atoms with Crippen molar-refractivity contribution in [2.24, 2.45) is 0 Å². The number of aryl methyl sites for hydroxylation is 1. The molecule has 1 aromatic carbocycles. The molecule has 0 saturated carbocycles. The van der Waals surface area contributed by atoms with Crippen LogP contribution in [0.2, 0.25) is 0 Å². The maximum Gasteiger partial charge on any atom is 0.358 e. The molecule has 16 heavy (non-hydrogen) atoms. The summed E-state index contributed by atoms with van der Waals surface area (Å²) in [6.07, 6.45) is 3.24. The number of hydrogen-bond acceptors (Lipinski definition) is 3. The van der Waals surface area contributed by atoms with Gasteiger partial charge >= 0.3 is 5.97 Å². The van der Waals surface area contributed by atoms with Crippen molar-refractivity contribution in [3.8, 4) is 5.69 Å². The quantitative estimate of drug-likeness (QED) is 0.721. The third-order valence-corrected chi connectivity index (χ3v) is 2.31. The topological polar surface area (TPSA) is 44.1 Å².